The van der Waals surface area contributed by atoms with Gasteiger partial charge in [-0.25, -0.2) is 4.39 Å². The summed E-state index contributed by atoms with van der Waals surface area (Å²) in [5.74, 6) is -1.93. The summed E-state index contributed by atoms with van der Waals surface area (Å²) in [5, 5.41) is 36.5. The number of amides is 1. The number of rotatable bonds is 23. The lowest BCUT2D eigenvalue weighted by molar-refractivity contribution is -0.384. The minimum atomic E-state index is -1.63. The van der Waals surface area contributed by atoms with Gasteiger partial charge < -0.3 is 43.6 Å². The van der Waals surface area contributed by atoms with Crippen molar-refractivity contribution in [3.8, 4) is 23.0 Å². The topological polar surface area (TPSA) is 189 Å². The molecule has 2 aliphatic carbocycles. The Balaban J connectivity index is 1.34. The molecule has 4 aromatic rings. The third-order valence-corrected chi connectivity index (χ3v) is 14.1. The Kier molecular flexibility index (Phi) is 17.3. The Morgan fingerprint density at radius 1 is 0.986 bits per heavy atom. The van der Waals surface area contributed by atoms with Crippen LogP contribution in [0.3, 0.4) is 0 Å². The van der Waals surface area contributed by atoms with Gasteiger partial charge in [0.05, 0.1) is 42.4 Å². The zero-order valence-electron chi connectivity index (χ0n) is 40.4. The number of carbonyl (C=O) groups is 2. The fraction of sp³-hybridized carbons (Fsp3) is 0.411. The lowest BCUT2D eigenvalue weighted by Crippen LogP contribution is -2.70. The molecule has 72 heavy (non-hydrogen) atoms. The molecule has 380 valence electrons. The second-order valence-corrected chi connectivity index (χ2v) is 18.6. The number of unbranched alkanes of at least 4 members (excludes halogenated alkanes) is 2. The third-order valence-electron chi connectivity index (χ3n) is 14.1. The summed E-state index contributed by atoms with van der Waals surface area (Å²) >= 11 is 0. The van der Waals surface area contributed by atoms with Gasteiger partial charge in [-0.15, -0.1) is 6.58 Å². The zero-order chi connectivity index (χ0) is 50.6. The number of non-ortho nitro benzene ring substituents is 1. The van der Waals surface area contributed by atoms with E-state index in [0.717, 1.165) is 36.8 Å². The van der Waals surface area contributed by atoms with Crippen molar-refractivity contribution in [3.05, 3.63) is 153 Å². The van der Waals surface area contributed by atoms with Crippen LogP contribution in [0, 0.1) is 33.7 Å². The van der Waals surface area contributed by atoms with Crippen molar-refractivity contribution in [2.45, 2.75) is 94.8 Å². The van der Waals surface area contributed by atoms with Crippen molar-refractivity contribution >= 4 is 29.7 Å². The van der Waals surface area contributed by atoms with Crippen LogP contribution in [0.15, 0.2) is 120 Å². The molecule has 15 nitrogen and oxygen atoms in total. The van der Waals surface area contributed by atoms with E-state index in [4.69, 9.17) is 33.7 Å². The molecule has 2 heterocycles. The van der Waals surface area contributed by atoms with Gasteiger partial charge in [-0.05, 0) is 134 Å². The molecule has 0 bridgehead atoms. The van der Waals surface area contributed by atoms with Crippen LogP contribution in [0.2, 0.25) is 0 Å². The maximum absolute atomic E-state index is 15.2. The van der Waals surface area contributed by atoms with Gasteiger partial charge in [0.1, 0.15) is 34.9 Å². The summed E-state index contributed by atoms with van der Waals surface area (Å²) in [6.07, 6.45) is 13.5. The summed E-state index contributed by atoms with van der Waals surface area (Å²) < 4.78 is 47.0. The summed E-state index contributed by atoms with van der Waals surface area (Å²) in [6, 6.07) is 21.4. The highest BCUT2D eigenvalue weighted by Gasteiger charge is 2.65. The number of hydrogen-bond acceptors (Lipinski definition) is 13. The Morgan fingerprint density at radius 3 is 2.43 bits per heavy atom. The molecule has 2 N–H and O–H groups in total. The highest BCUT2D eigenvalue weighted by atomic mass is 19.1. The maximum Gasteiger partial charge on any atom is 0.269 e. The monoisotopic (exact) mass is 987 g/mol. The van der Waals surface area contributed by atoms with Gasteiger partial charge in [-0.3, -0.25) is 19.7 Å². The third kappa shape index (κ3) is 11.6. The predicted molar refractivity (Wildman–Crippen MR) is 267 cm³/mol. The highest BCUT2D eigenvalue weighted by Crippen LogP contribution is 2.62. The summed E-state index contributed by atoms with van der Waals surface area (Å²) in [6.45, 7) is 4.62. The van der Waals surface area contributed by atoms with Gasteiger partial charge in [0, 0.05) is 62.3 Å². The van der Waals surface area contributed by atoms with Gasteiger partial charge in [0.25, 0.3) is 5.69 Å². The highest BCUT2D eigenvalue weighted by molar-refractivity contribution is 6.03. The van der Waals surface area contributed by atoms with Crippen LogP contribution in [0.25, 0.3) is 6.08 Å². The van der Waals surface area contributed by atoms with Crippen molar-refractivity contribution in [2.75, 3.05) is 33.5 Å². The minimum absolute atomic E-state index is 0.0127. The first-order valence-electron chi connectivity index (χ1n) is 24.7. The molecule has 0 aromatic heterocycles. The summed E-state index contributed by atoms with van der Waals surface area (Å²) in [7, 11) is 1.49. The first-order chi connectivity index (χ1) is 35.1. The predicted octanol–water partition coefficient (Wildman–Crippen LogP) is 10.2. The standard InChI is InChI=1S/C56H62FN3O12/c1-3-29-69-56-51(59(35-38-13-18-41(57)19-14-38)52(64)26-17-37-15-20-42(21-16-37)60(65)66)34-48(58-72-53-12-6-9-30-68-53)46-32-39(10-4-7-27-61)45(11-5-8-28-62)54(55(46)56)47-33-44(23-25-50(47)71-56)70-43-22-24-49(67-2)40(31-43)36-63/h3,13-26,31-33,36,39,45,51,53-55,61-62H,1,4-12,27-30,34-35H2,2H3. The van der Waals surface area contributed by atoms with Gasteiger partial charge in [0.15, 0.2) is 6.29 Å². The number of aliphatic hydroxyl groups excluding tert-OH is 2. The van der Waals surface area contributed by atoms with Crippen LogP contribution < -0.4 is 14.2 Å². The SMILES string of the molecule is C=CCOC12Oc3ccc(Oc4ccc(OC)c(C=O)c4)cc3C3C(CCCCO)C(CCCCO)C=C(C(=NOC4CCCCO4)CC1N(Cc1ccc(F)cc1)C(=O)C=Cc1ccc([N+](=O)[O-])cc1)C32. The Hall–Kier alpha value is -6.72. The molecule has 8 rings (SSSR count). The van der Waals surface area contributed by atoms with Crippen LogP contribution in [0.4, 0.5) is 10.1 Å². The summed E-state index contributed by atoms with van der Waals surface area (Å²) in [5.41, 5.74) is 3.61. The number of aliphatic hydroxyl groups is 2. The molecule has 4 aliphatic rings. The Labute approximate surface area is 418 Å². The fourth-order valence-corrected chi connectivity index (χ4v) is 10.7. The van der Waals surface area contributed by atoms with E-state index in [1.807, 2.05) is 12.1 Å². The largest absolute Gasteiger partial charge is 0.496 e. The molecule has 1 amide bonds. The zero-order valence-corrected chi connectivity index (χ0v) is 40.4. The Bertz CT molecular complexity index is 2630. The van der Waals surface area contributed by atoms with E-state index in [-0.39, 0.29) is 50.3 Å². The van der Waals surface area contributed by atoms with Gasteiger partial charge >= 0.3 is 0 Å². The van der Waals surface area contributed by atoms with Crippen LogP contribution in [0.5, 0.6) is 23.0 Å². The average molecular weight is 988 g/mol. The first kappa shape index (κ1) is 51.6. The van der Waals surface area contributed by atoms with Crippen molar-refractivity contribution in [1.29, 1.82) is 0 Å². The molecule has 2 aliphatic heterocycles. The van der Waals surface area contributed by atoms with Crippen molar-refractivity contribution in [2.24, 2.45) is 22.9 Å². The summed E-state index contributed by atoms with van der Waals surface area (Å²) in [4.78, 5) is 46.2. The number of aldehydes is 1. The van der Waals surface area contributed by atoms with E-state index in [0.29, 0.717) is 90.4 Å². The maximum atomic E-state index is 15.2. The molecule has 7 atom stereocenters. The second kappa shape index (κ2) is 24.1. The van der Waals surface area contributed by atoms with Crippen LogP contribution in [0.1, 0.15) is 97.2 Å². The first-order valence-corrected chi connectivity index (χ1v) is 24.7. The van der Waals surface area contributed by atoms with Crippen LogP contribution in [-0.2, 0) is 25.7 Å². The molecular weight excluding hydrogens is 926 g/mol. The molecule has 7 unspecified atom stereocenters. The van der Waals surface area contributed by atoms with E-state index in [9.17, 15) is 29.5 Å². The number of oxime groups is 1. The molecule has 0 radical (unpaired) electrons. The van der Waals surface area contributed by atoms with E-state index in [1.54, 1.807) is 65.6 Å². The number of carbonyl (C=O) groups excluding carboxylic acids is 2. The molecule has 0 spiro atoms. The van der Waals surface area contributed by atoms with E-state index in [1.165, 1.54) is 37.5 Å². The number of fused-ring (bicyclic) bond motifs is 2. The fourth-order valence-electron chi connectivity index (χ4n) is 10.7. The van der Waals surface area contributed by atoms with Crippen molar-refractivity contribution < 1.29 is 57.6 Å². The van der Waals surface area contributed by atoms with E-state index in [2.05, 4.69) is 12.7 Å². The lowest BCUT2D eigenvalue weighted by Gasteiger charge is -2.60. The van der Waals surface area contributed by atoms with Gasteiger partial charge in [0.2, 0.25) is 18.0 Å². The normalized spacial score (nSPS) is 23.8. The second-order valence-electron chi connectivity index (χ2n) is 18.6. The molecular formula is C56H62FN3O12. The molecule has 1 saturated carbocycles. The molecule has 4 aromatic carbocycles. The van der Waals surface area contributed by atoms with Gasteiger partial charge in [-0.1, -0.05) is 42.3 Å². The smallest absolute Gasteiger partial charge is 0.269 e. The van der Waals surface area contributed by atoms with E-state index < -0.39 is 46.6 Å². The van der Waals surface area contributed by atoms with Crippen LogP contribution in [-0.4, -0.2) is 89.6 Å². The number of nitro groups is 1. The van der Waals surface area contributed by atoms with Gasteiger partial charge in [-0.2, -0.15) is 0 Å². The molecule has 16 heteroatoms. The minimum Gasteiger partial charge on any atom is -0.496 e. The number of methoxy groups -OCH3 is 1. The molecule has 1 saturated heterocycles. The number of benzene rings is 4. The van der Waals surface area contributed by atoms with Crippen molar-refractivity contribution in [1.82, 2.24) is 4.90 Å². The van der Waals surface area contributed by atoms with Crippen molar-refractivity contribution in [3.63, 3.8) is 0 Å². The Morgan fingerprint density at radius 2 is 1.74 bits per heavy atom. The van der Waals surface area contributed by atoms with E-state index >= 15 is 4.79 Å². The number of ether oxygens (including phenoxy) is 5. The van der Waals surface area contributed by atoms with Crippen LogP contribution >= 0.6 is 0 Å². The number of nitrogens with zero attached hydrogens (tertiary/aromatic N) is 3. The number of allylic oxidation sites excluding steroid dienone is 1. The molecule has 2 fully saturated rings. The number of nitro benzene ring substituents is 1. The number of hydrogen-bond donors (Lipinski definition) is 2. The number of halogens is 1. The average Bonchev–Trinajstić information content (AvgIpc) is 3.40. The quantitative estimate of drug-likeness (QED) is 0.0179. The lowest BCUT2D eigenvalue weighted by atomic mass is 9.55.